The maximum absolute atomic E-state index is 13.5. The van der Waals surface area contributed by atoms with E-state index < -0.39 is 22.5 Å². The van der Waals surface area contributed by atoms with Crippen molar-refractivity contribution in [3.8, 4) is 5.75 Å². The number of carbonyl (C=O) groups excluding carboxylic acids is 1. The SMILES string of the molecule is CCOc1ccc(S(=O)(=O)N(CC(=O)N/N=C/c2c(C)[nH]c3ccccc23)c2ccc(C)cc2)cc1. The van der Waals surface area contributed by atoms with E-state index in [4.69, 9.17) is 4.74 Å². The summed E-state index contributed by atoms with van der Waals surface area (Å²) in [6.45, 7) is 5.71. The summed E-state index contributed by atoms with van der Waals surface area (Å²) in [7, 11) is -4.04. The van der Waals surface area contributed by atoms with Gasteiger partial charge in [0.25, 0.3) is 15.9 Å². The van der Waals surface area contributed by atoms with Crippen molar-refractivity contribution in [1.82, 2.24) is 10.4 Å². The van der Waals surface area contributed by atoms with Gasteiger partial charge in [0.05, 0.1) is 23.4 Å². The molecule has 0 spiro atoms. The van der Waals surface area contributed by atoms with Gasteiger partial charge in [0.2, 0.25) is 0 Å². The number of aromatic amines is 1. The highest BCUT2D eigenvalue weighted by Gasteiger charge is 2.27. The Labute approximate surface area is 210 Å². The van der Waals surface area contributed by atoms with E-state index in [0.717, 1.165) is 32.0 Å². The highest BCUT2D eigenvalue weighted by atomic mass is 32.2. The highest BCUT2D eigenvalue weighted by Crippen LogP contribution is 2.25. The van der Waals surface area contributed by atoms with Gasteiger partial charge >= 0.3 is 0 Å². The van der Waals surface area contributed by atoms with Crippen LogP contribution in [0.5, 0.6) is 5.75 Å². The Balaban J connectivity index is 1.57. The van der Waals surface area contributed by atoms with Crippen LogP contribution in [-0.2, 0) is 14.8 Å². The molecule has 0 saturated carbocycles. The largest absolute Gasteiger partial charge is 0.494 e. The van der Waals surface area contributed by atoms with Crippen molar-refractivity contribution in [3.63, 3.8) is 0 Å². The number of rotatable bonds is 9. The Morgan fingerprint density at radius 2 is 1.72 bits per heavy atom. The molecular formula is C27H28N4O4S. The molecule has 1 heterocycles. The first-order chi connectivity index (χ1) is 17.3. The molecule has 2 N–H and O–H groups in total. The number of aryl methyl sites for hydroxylation is 2. The van der Waals surface area contributed by atoms with Gasteiger partial charge in [0.15, 0.2) is 0 Å². The van der Waals surface area contributed by atoms with Crippen molar-refractivity contribution in [2.24, 2.45) is 5.10 Å². The average Bonchev–Trinajstić information content (AvgIpc) is 3.19. The fourth-order valence-electron chi connectivity index (χ4n) is 3.83. The molecule has 0 bridgehead atoms. The van der Waals surface area contributed by atoms with Crippen LogP contribution in [-0.4, -0.2) is 38.7 Å². The van der Waals surface area contributed by atoms with Gasteiger partial charge in [0, 0.05) is 22.2 Å². The van der Waals surface area contributed by atoms with E-state index in [0.29, 0.717) is 18.0 Å². The third-order valence-corrected chi connectivity index (χ3v) is 7.45. The summed E-state index contributed by atoms with van der Waals surface area (Å²) in [6.07, 6.45) is 1.56. The molecule has 1 amide bonds. The predicted octanol–water partition coefficient (Wildman–Crippen LogP) is 4.53. The van der Waals surface area contributed by atoms with E-state index in [-0.39, 0.29) is 4.90 Å². The van der Waals surface area contributed by atoms with Gasteiger partial charge in [-0.25, -0.2) is 13.8 Å². The first-order valence-corrected chi connectivity index (χ1v) is 12.9. The van der Waals surface area contributed by atoms with Crippen molar-refractivity contribution in [3.05, 3.63) is 89.6 Å². The van der Waals surface area contributed by atoms with Crippen LogP contribution < -0.4 is 14.5 Å². The lowest BCUT2D eigenvalue weighted by atomic mass is 10.1. The molecule has 0 saturated heterocycles. The first kappa shape index (κ1) is 25.0. The van der Waals surface area contributed by atoms with Gasteiger partial charge in [0.1, 0.15) is 12.3 Å². The van der Waals surface area contributed by atoms with E-state index in [1.807, 2.05) is 45.0 Å². The van der Waals surface area contributed by atoms with Gasteiger partial charge in [-0.2, -0.15) is 5.10 Å². The average molecular weight is 505 g/mol. The Morgan fingerprint density at radius 1 is 1.03 bits per heavy atom. The number of anilines is 1. The van der Waals surface area contributed by atoms with E-state index in [1.54, 1.807) is 42.6 Å². The van der Waals surface area contributed by atoms with Gasteiger partial charge in [-0.05, 0) is 63.2 Å². The molecule has 9 heteroatoms. The lowest BCUT2D eigenvalue weighted by Crippen LogP contribution is -2.39. The van der Waals surface area contributed by atoms with Gasteiger partial charge < -0.3 is 9.72 Å². The van der Waals surface area contributed by atoms with Gasteiger partial charge in [-0.1, -0.05) is 35.9 Å². The number of hydrogen-bond donors (Lipinski definition) is 2. The molecule has 0 aliphatic rings. The fraction of sp³-hybridized carbons (Fsp3) is 0.185. The number of hydrogen-bond acceptors (Lipinski definition) is 5. The maximum Gasteiger partial charge on any atom is 0.264 e. The summed E-state index contributed by atoms with van der Waals surface area (Å²) in [5, 5.41) is 5.07. The molecule has 0 fully saturated rings. The number of sulfonamides is 1. The minimum Gasteiger partial charge on any atom is -0.494 e. The Kier molecular flexibility index (Phi) is 7.40. The Bertz CT molecular complexity index is 1490. The first-order valence-electron chi connectivity index (χ1n) is 11.5. The normalized spacial score (nSPS) is 11.6. The molecule has 0 aliphatic heterocycles. The summed E-state index contributed by atoms with van der Waals surface area (Å²) in [6, 6.07) is 20.9. The molecule has 186 valence electrons. The molecular weight excluding hydrogens is 476 g/mol. The number of aromatic nitrogens is 1. The summed E-state index contributed by atoms with van der Waals surface area (Å²) >= 11 is 0. The number of nitrogens with zero attached hydrogens (tertiary/aromatic N) is 2. The van der Waals surface area contributed by atoms with Crippen LogP contribution in [0.1, 0.15) is 23.7 Å². The number of benzene rings is 3. The Morgan fingerprint density at radius 3 is 2.42 bits per heavy atom. The number of H-pyrrole nitrogens is 1. The lowest BCUT2D eigenvalue weighted by Gasteiger charge is -2.24. The van der Waals surface area contributed by atoms with Crippen molar-refractivity contribution >= 4 is 38.7 Å². The topological polar surface area (TPSA) is 104 Å². The molecule has 8 nitrogen and oxygen atoms in total. The van der Waals surface area contributed by atoms with Crippen molar-refractivity contribution in [2.45, 2.75) is 25.7 Å². The molecule has 4 rings (SSSR count). The zero-order valence-corrected chi connectivity index (χ0v) is 21.2. The second kappa shape index (κ2) is 10.7. The number of hydrazone groups is 1. The fourth-order valence-corrected chi connectivity index (χ4v) is 5.25. The number of carbonyl (C=O) groups is 1. The smallest absolute Gasteiger partial charge is 0.264 e. The second-order valence-electron chi connectivity index (χ2n) is 8.25. The highest BCUT2D eigenvalue weighted by molar-refractivity contribution is 7.92. The van der Waals surface area contributed by atoms with E-state index >= 15 is 0 Å². The summed E-state index contributed by atoms with van der Waals surface area (Å²) < 4.78 is 33.6. The summed E-state index contributed by atoms with van der Waals surface area (Å²) in [5.41, 5.74) is 6.54. The van der Waals surface area contributed by atoms with E-state index in [2.05, 4.69) is 15.5 Å². The second-order valence-corrected chi connectivity index (χ2v) is 10.1. The van der Waals surface area contributed by atoms with Crippen LogP contribution in [0, 0.1) is 13.8 Å². The predicted molar refractivity (Wildman–Crippen MR) is 142 cm³/mol. The summed E-state index contributed by atoms with van der Waals surface area (Å²) in [5.74, 6) is -0.00294. The maximum atomic E-state index is 13.5. The van der Waals surface area contributed by atoms with Gasteiger partial charge in [-0.15, -0.1) is 0 Å². The molecule has 0 radical (unpaired) electrons. The molecule has 0 atom stereocenters. The van der Waals surface area contributed by atoms with Crippen LogP contribution in [0.25, 0.3) is 10.9 Å². The molecule has 0 aliphatic carbocycles. The molecule has 4 aromatic rings. The number of fused-ring (bicyclic) bond motifs is 1. The van der Waals surface area contributed by atoms with E-state index in [1.165, 1.54) is 12.1 Å². The van der Waals surface area contributed by atoms with Crippen LogP contribution >= 0.6 is 0 Å². The standard InChI is InChI=1S/C27H28N4O4S/c1-4-35-22-13-15-23(16-14-22)36(33,34)31(21-11-9-19(2)10-12-21)18-27(32)30-28-17-25-20(3)29-26-8-6-5-7-24(25)26/h5-17,29H,4,18H2,1-3H3,(H,30,32)/b28-17+. The Hall–Kier alpha value is -4.11. The van der Waals surface area contributed by atoms with Crippen molar-refractivity contribution < 1.29 is 17.9 Å². The van der Waals surface area contributed by atoms with Crippen LogP contribution in [0.4, 0.5) is 5.69 Å². The summed E-state index contributed by atoms with van der Waals surface area (Å²) in [4.78, 5) is 16.2. The molecule has 36 heavy (non-hydrogen) atoms. The molecule has 0 unspecified atom stereocenters. The third-order valence-electron chi connectivity index (χ3n) is 5.66. The van der Waals surface area contributed by atoms with Crippen LogP contribution in [0.2, 0.25) is 0 Å². The number of nitrogens with one attached hydrogen (secondary N) is 2. The van der Waals surface area contributed by atoms with Crippen LogP contribution in [0.3, 0.4) is 0 Å². The van der Waals surface area contributed by atoms with E-state index in [9.17, 15) is 13.2 Å². The molecule has 3 aromatic carbocycles. The third kappa shape index (κ3) is 5.41. The lowest BCUT2D eigenvalue weighted by molar-refractivity contribution is -0.119. The zero-order valence-electron chi connectivity index (χ0n) is 20.4. The quantitative estimate of drug-likeness (QED) is 0.258. The van der Waals surface area contributed by atoms with Gasteiger partial charge in [-0.3, -0.25) is 9.10 Å². The van der Waals surface area contributed by atoms with Crippen molar-refractivity contribution in [1.29, 1.82) is 0 Å². The molecule has 1 aromatic heterocycles. The monoisotopic (exact) mass is 504 g/mol. The minimum atomic E-state index is -4.04. The number of para-hydroxylation sites is 1. The number of ether oxygens (including phenoxy) is 1. The minimum absolute atomic E-state index is 0.0530. The van der Waals surface area contributed by atoms with Crippen LogP contribution in [0.15, 0.2) is 82.8 Å². The number of amides is 1. The van der Waals surface area contributed by atoms with Crippen molar-refractivity contribution in [2.75, 3.05) is 17.5 Å². The zero-order chi connectivity index (χ0) is 25.7.